The average Bonchev–Trinajstić information content (AvgIpc) is 2.04. The first-order valence-electron chi connectivity index (χ1n) is 3.61. The summed E-state index contributed by atoms with van der Waals surface area (Å²) in [5, 5.41) is 0.395. The monoisotopic (exact) mass is 218 g/mol. The maximum Gasteiger partial charge on any atom is 0.240 e. The van der Waals surface area contributed by atoms with Gasteiger partial charge in [-0.3, -0.25) is 0 Å². The molecule has 0 heterocycles. The summed E-state index contributed by atoms with van der Waals surface area (Å²) in [7, 11) is -3.43. The molecule has 0 spiro atoms. The molecule has 1 rings (SSSR count). The van der Waals surface area contributed by atoms with E-state index in [2.05, 4.69) is 11.6 Å². The Bertz CT molecular complexity index is 389. The van der Waals surface area contributed by atoms with E-state index < -0.39 is 10.0 Å². The van der Waals surface area contributed by atoms with Gasteiger partial charge in [0.2, 0.25) is 10.0 Å². The summed E-state index contributed by atoms with van der Waals surface area (Å²) in [5.41, 5.74) is 0. The van der Waals surface area contributed by atoms with E-state index in [0.717, 1.165) is 0 Å². The van der Waals surface area contributed by atoms with Crippen LogP contribution >= 0.6 is 11.6 Å². The zero-order valence-corrected chi connectivity index (χ0v) is 8.40. The van der Waals surface area contributed by atoms with E-state index in [-0.39, 0.29) is 11.4 Å². The maximum absolute atomic E-state index is 11.4. The van der Waals surface area contributed by atoms with Gasteiger partial charge in [-0.1, -0.05) is 17.7 Å². The summed E-state index contributed by atoms with van der Waals surface area (Å²) in [6.07, 6.45) is 0. The van der Waals surface area contributed by atoms with Gasteiger partial charge >= 0.3 is 0 Å². The molecule has 1 aromatic rings. The molecule has 0 amide bonds. The lowest BCUT2D eigenvalue weighted by Gasteiger charge is -2.03. The zero-order valence-electron chi connectivity index (χ0n) is 6.83. The first kappa shape index (κ1) is 10.5. The Balaban J connectivity index is 3.08. The molecule has 0 fully saturated rings. The number of halogens is 1. The van der Waals surface area contributed by atoms with Crippen molar-refractivity contribution in [2.45, 2.75) is 4.90 Å². The van der Waals surface area contributed by atoms with Gasteiger partial charge in [-0.2, -0.15) is 0 Å². The molecular weight excluding hydrogens is 210 g/mol. The molecule has 0 aliphatic carbocycles. The quantitative estimate of drug-likeness (QED) is 0.835. The Kier molecular flexibility index (Phi) is 3.30. The number of benzene rings is 1. The number of hydrogen-bond acceptors (Lipinski definition) is 2. The molecule has 5 heteroatoms. The third-order valence-corrected chi connectivity index (χ3v) is 3.09. The SMILES string of the molecule is [CH2]CNS(=O)(=O)c1cccc(Cl)c1. The van der Waals surface area contributed by atoms with E-state index in [4.69, 9.17) is 11.6 Å². The van der Waals surface area contributed by atoms with Crippen molar-refractivity contribution in [2.24, 2.45) is 0 Å². The van der Waals surface area contributed by atoms with Gasteiger partial charge in [0.25, 0.3) is 0 Å². The fraction of sp³-hybridized carbons (Fsp3) is 0.125. The van der Waals surface area contributed by atoms with Crippen LogP contribution in [0.3, 0.4) is 0 Å². The van der Waals surface area contributed by atoms with Crippen LogP contribution in [0.4, 0.5) is 0 Å². The van der Waals surface area contributed by atoms with Crippen LogP contribution < -0.4 is 4.72 Å². The average molecular weight is 219 g/mol. The Morgan fingerprint density at radius 2 is 2.15 bits per heavy atom. The molecule has 0 saturated carbocycles. The number of nitrogens with one attached hydrogen (secondary N) is 1. The molecule has 1 radical (unpaired) electrons. The highest BCUT2D eigenvalue weighted by Gasteiger charge is 2.11. The second-order valence-corrected chi connectivity index (χ2v) is 4.56. The molecule has 0 saturated heterocycles. The van der Waals surface area contributed by atoms with Crippen LogP contribution in [0.15, 0.2) is 29.2 Å². The highest BCUT2D eigenvalue weighted by molar-refractivity contribution is 7.89. The zero-order chi connectivity index (χ0) is 9.90. The second kappa shape index (κ2) is 4.09. The largest absolute Gasteiger partial charge is 0.240 e. The van der Waals surface area contributed by atoms with Gasteiger partial charge in [0, 0.05) is 11.6 Å². The normalized spacial score (nSPS) is 11.5. The van der Waals surface area contributed by atoms with E-state index in [9.17, 15) is 8.42 Å². The molecule has 0 aliphatic heterocycles. The van der Waals surface area contributed by atoms with Crippen molar-refractivity contribution >= 4 is 21.6 Å². The van der Waals surface area contributed by atoms with Gasteiger partial charge < -0.3 is 0 Å². The molecule has 71 valence electrons. The lowest BCUT2D eigenvalue weighted by molar-refractivity contribution is 0.585. The molecule has 3 nitrogen and oxygen atoms in total. The minimum Gasteiger partial charge on any atom is -0.211 e. The molecular formula is C8H9ClNO2S. The van der Waals surface area contributed by atoms with E-state index in [1.165, 1.54) is 12.1 Å². The van der Waals surface area contributed by atoms with Crippen LogP contribution in [0.1, 0.15) is 0 Å². The summed E-state index contributed by atoms with van der Waals surface area (Å²) in [6, 6.07) is 6.06. The molecule has 0 aromatic heterocycles. The first-order valence-corrected chi connectivity index (χ1v) is 5.47. The summed E-state index contributed by atoms with van der Waals surface area (Å²) >= 11 is 5.64. The number of sulfonamides is 1. The second-order valence-electron chi connectivity index (χ2n) is 2.36. The van der Waals surface area contributed by atoms with Gasteiger partial charge in [-0.05, 0) is 25.1 Å². The van der Waals surface area contributed by atoms with Crippen molar-refractivity contribution in [1.29, 1.82) is 0 Å². The summed E-state index contributed by atoms with van der Waals surface area (Å²) < 4.78 is 25.0. The smallest absolute Gasteiger partial charge is 0.211 e. The molecule has 1 N–H and O–H groups in total. The van der Waals surface area contributed by atoms with Crippen molar-refractivity contribution < 1.29 is 8.42 Å². The topological polar surface area (TPSA) is 46.2 Å². The highest BCUT2D eigenvalue weighted by atomic mass is 35.5. The molecule has 0 unspecified atom stereocenters. The maximum atomic E-state index is 11.4. The Labute approximate surface area is 82.8 Å². The number of hydrogen-bond donors (Lipinski definition) is 1. The van der Waals surface area contributed by atoms with E-state index in [1.54, 1.807) is 12.1 Å². The molecule has 0 aliphatic rings. The lowest BCUT2D eigenvalue weighted by atomic mass is 10.4. The van der Waals surface area contributed by atoms with Crippen LogP contribution in [-0.2, 0) is 10.0 Å². The van der Waals surface area contributed by atoms with Crippen molar-refractivity contribution in [3.8, 4) is 0 Å². The van der Waals surface area contributed by atoms with Crippen molar-refractivity contribution in [2.75, 3.05) is 6.54 Å². The highest BCUT2D eigenvalue weighted by Crippen LogP contribution is 2.14. The predicted octanol–water partition coefficient (Wildman–Crippen LogP) is 1.45. The summed E-state index contributed by atoms with van der Waals surface area (Å²) in [6.45, 7) is 3.52. The fourth-order valence-electron chi connectivity index (χ4n) is 0.852. The minimum atomic E-state index is -3.43. The van der Waals surface area contributed by atoms with Gasteiger partial charge in [-0.15, -0.1) is 0 Å². The van der Waals surface area contributed by atoms with Crippen molar-refractivity contribution in [1.82, 2.24) is 4.72 Å². The third kappa shape index (κ3) is 2.69. The van der Waals surface area contributed by atoms with Crippen LogP contribution in [0.25, 0.3) is 0 Å². The number of rotatable bonds is 3. The van der Waals surface area contributed by atoms with E-state index in [0.29, 0.717) is 5.02 Å². The first-order chi connectivity index (χ1) is 6.06. The third-order valence-electron chi connectivity index (χ3n) is 1.40. The lowest BCUT2D eigenvalue weighted by Crippen LogP contribution is -2.23. The van der Waals surface area contributed by atoms with Crippen LogP contribution in [0.2, 0.25) is 5.02 Å². The standard InChI is InChI=1S/C8H9ClNO2S/c1-2-10-13(11,12)8-5-3-4-7(9)6-8/h3-6,10H,1-2H2. The van der Waals surface area contributed by atoms with Gasteiger partial charge in [0.1, 0.15) is 0 Å². The van der Waals surface area contributed by atoms with Crippen LogP contribution in [-0.4, -0.2) is 15.0 Å². The summed E-state index contributed by atoms with van der Waals surface area (Å²) in [5.74, 6) is 0. The van der Waals surface area contributed by atoms with Gasteiger partial charge in [0.15, 0.2) is 0 Å². The molecule has 0 bridgehead atoms. The van der Waals surface area contributed by atoms with Crippen LogP contribution in [0, 0.1) is 6.92 Å². The fourth-order valence-corrected chi connectivity index (χ4v) is 2.08. The van der Waals surface area contributed by atoms with Crippen molar-refractivity contribution in [3.63, 3.8) is 0 Å². The van der Waals surface area contributed by atoms with Crippen LogP contribution in [0.5, 0.6) is 0 Å². The van der Waals surface area contributed by atoms with E-state index >= 15 is 0 Å². The molecule has 1 aromatic carbocycles. The van der Waals surface area contributed by atoms with Gasteiger partial charge in [0.05, 0.1) is 4.90 Å². The molecule has 13 heavy (non-hydrogen) atoms. The van der Waals surface area contributed by atoms with Crippen molar-refractivity contribution in [3.05, 3.63) is 36.2 Å². The summed E-state index contributed by atoms with van der Waals surface area (Å²) in [4.78, 5) is 0.156. The minimum absolute atomic E-state index is 0.120. The predicted molar refractivity (Wildman–Crippen MR) is 52.0 cm³/mol. The van der Waals surface area contributed by atoms with E-state index in [1.807, 2.05) is 0 Å². The Morgan fingerprint density at radius 3 is 2.69 bits per heavy atom. The Morgan fingerprint density at radius 1 is 1.46 bits per heavy atom. The molecule has 0 atom stereocenters. The Hall–Kier alpha value is -0.580. The van der Waals surface area contributed by atoms with Gasteiger partial charge in [-0.25, -0.2) is 13.1 Å².